The number of aromatic nitrogens is 3. The van der Waals surface area contributed by atoms with Gasteiger partial charge in [0, 0.05) is 28.8 Å². The van der Waals surface area contributed by atoms with E-state index in [-0.39, 0.29) is 11.8 Å². The number of benzene rings is 1. The molecule has 5 rings (SSSR count). The smallest absolute Gasteiger partial charge is 0.252 e. The van der Waals surface area contributed by atoms with E-state index in [0.717, 1.165) is 45.5 Å². The molecular weight excluding hydrogens is 348 g/mol. The maximum Gasteiger partial charge on any atom is 0.252 e. The molecule has 1 unspecified atom stereocenters. The number of hydrogen-bond donors (Lipinski definition) is 2. The lowest BCUT2D eigenvalue weighted by atomic mass is 9.91. The summed E-state index contributed by atoms with van der Waals surface area (Å²) in [6, 6.07) is 11.9. The second-order valence-electron chi connectivity index (χ2n) is 6.89. The highest BCUT2D eigenvalue weighted by molar-refractivity contribution is 6.03. The molecule has 0 radical (unpaired) electrons. The van der Waals surface area contributed by atoms with Crippen LogP contribution in [0.4, 0.5) is 0 Å². The van der Waals surface area contributed by atoms with Gasteiger partial charge in [0.2, 0.25) is 0 Å². The minimum absolute atomic E-state index is 0.0105. The highest BCUT2D eigenvalue weighted by Gasteiger charge is 2.32. The summed E-state index contributed by atoms with van der Waals surface area (Å²) in [6.45, 7) is 0. The Hall–Kier alpha value is -3.73. The second kappa shape index (κ2) is 6.78. The molecule has 1 atom stereocenters. The number of rotatable bonds is 3. The van der Waals surface area contributed by atoms with Crippen molar-refractivity contribution >= 4 is 35.0 Å². The largest absolute Gasteiger partial charge is 0.325 e. The maximum atomic E-state index is 12.3. The summed E-state index contributed by atoms with van der Waals surface area (Å²) in [5.74, 6) is 0.121. The predicted octanol–water partition coefficient (Wildman–Crippen LogP) is 4.10. The second-order valence-corrected chi connectivity index (χ2v) is 6.89. The van der Waals surface area contributed by atoms with Gasteiger partial charge in [0.05, 0.1) is 16.9 Å². The highest BCUT2D eigenvalue weighted by Crippen LogP contribution is 2.33. The minimum atomic E-state index is -0.0105. The molecule has 3 heterocycles. The van der Waals surface area contributed by atoms with Crippen LogP contribution in [0.15, 0.2) is 72.1 Å². The summed E-state index contributed by atoms with van der Waals surface area (Å²) in [6.07, 6.45) is 14.6. The first-order valence-corrected chi connectivity index (χ1v) is 9.25. The molecule has 28 heavy (non-hydrogen) atoms. The van der Waals surface area contributed by atoms with Crippen LogP contribution in [0.2, 0.25) is 0 Å². The Kier molecular flexibility index (Phi) is 3.98. The number of carbonyl (C=O) groups is 1. The molecule has 1 aromatic carbocycles. The summed E-state index contributed by atoms with van der Waals surface area (Å²) < 4.78 is 0. The van der Waals surface area contributed by atoms with Gasteiger partial charge in [0.15, 0.2) is 0 Å². The summed E-state index contributed by atoms with van der Waals surface area (Å²) in [5, 5.41) is 11.5. The van der Waals surface area contributed by atoms with Crippen LogP contribution in [0.1, 0.15) is 23.4 Å². The van der Waals surface area contributed by atoms with Crippen molar-refractivity contribution in [2.24, 2.45) is 5.92 Å². The number of nitrogens with zero attached hydrogens (tertiary/aromatic N) is 2. The number of H-pyrrole nitrogens is 1. The minimum Gasteiger partial charge on any atom is -0.325 e. The van der Waals surface area contributed by atoms with Crippen molar-refractivity contribution in [1.29, 1.82) is 0 Å². The number of carbonyl (C=O) groups excluding carboxylic acids is 1. The maximum absolute atomic E-state index is 12.3. The van der Waals surface area contributed by atoms with Crippen LogP contribution in [0.5, 0.6) is 0 Å². The van der Waals surface area contributed by atoms with Crippen LogP contribution in [-0.4, -0.2) is 21.1 Å². The van der Waals surface area contributed by atoms with Gasteiger partial charge < -0.3 is 5.32 Å². The van der Waals surface area contributed by atoms with Crippen LogP contribution in [0.25, 0.3) is 29.1 Å². The van der Waals surface area contributed by atoms with Crippen molar-refractivity contribution in [3.05, 3.63) is 89.0 Å². The zero-order valence-electron chi connectivity index (χ0n) is 15.1. The van der Waals surface area contributed by atoms with E-state index in [0.29, 0.717) is 0 Å². The molecule has 136 valence electrons. The highest BCUT2D eigenvalue weighted by atomic mass is 16.2. The summed E-state index contributed by atoms with van der Waals surface area (Å²) in [7, 11) is 0. The molecule has 1 saturated heterocycles. The van der Waals surface area contributed by atoms with E-state index in [1.165, 1.54) is 0 Å². The Morgan fingerprint density at radius 3 is 3.00 bits per heavy atom. The van der Waals surface area contributed by atoms with Crippen LogP contribution in [-0.2, 0) is 4.79 Å². The number of hydrogen-bond acceptors (Lipinski definition) is 3. The molecule has 1 aliphatic carbocycles. The monoisotopic (exact) mass is 366 g/mol. The fourth-order valence-electron chi connectivity index (χ4n) is 3.67. The Morgan fingerprint density at radius 2 is 2.11 bits per heavy atom. The van der Waals surface area contributed by atoms with Crippen molar-refractivity contribution in [3.63, 3.8) is 0 Å². The Balaban J connectivity index is 1.45. The lowest BCUT2D eigenvalue weighted by Crippen LogP contribution is -2.13. The van der Waals surface area contributed by atoms with Crippen molar-refractivity contribution in [2.45, 2.75) is 6.42 Å². The summed E-state index contributed by atoms with van der Waals surface area (Å²) >= 11 is 0. The number of pyridine rings is 1. The molecule has 1 fully saturated rings. The standard InChI is InChI=1S/C23H18N4O/c28-23-19(17-6-1-2-7-20(17)25-23)13-15-8-10-18-21(26-27-22(18)14-15)11-9-16-5-3-4-12-24-16/h1-5,7-14,17H,6H2,(H,25,28)(H,26,27)/b11-9+,19-13+. The fraction of sp³-hybridized carbons (Fsp3) is 0.0870. The van der Waals surface area contributed by atoms with E-state index in [1.807, 2.05) is 66.8 Å². The van der Waals surface area contributed by atoms with E-state index in [2.05, 4.69) is 26.6 Å². The van der Waals surface area contributed by atoms with Crippen molar-refractivity contribution in [1.82, 2.24) is 20.5 Å². The molecule has 2 N–H and O–H groups in total. The van der Waals surface area contributed by atoms with Crippen molar-refractivity contribution in [2.75, 3.05) is 0 Å². The lowest BCUT2D eigenvalue weighted by Gasteiger charge is -2.11. The van der Waals surface area contributed by atoms with E-state index in [9.17, 15) is 4.79 Å². The van der Waals surface area contributed by atoms with Crippen LogP contribution in [0.3, 0.4) is 0 Å². The first kappa shape index (κ1) is 16.4. The topological polar surface area (TPSA) is 70.7 Å². The average Bonchev–Trinajstić information content (AvgIpc) is 3.28. The molecule has 1 aliphatic heterocycles. The normalized spacial score (nSPS) is 20.0. The average molecular weight is 366 g/mol. The van der Waals surface area contributed by atoms with Gasteiger partial charge in [-0.05, 0) is 60.6 Å². The van der Waals surface area contributed by atoms with Crippen molar-refractivity contribution < 1.29 is 4.79 Å². The molecule has 2 aromatic heterocycles. The predicted molar refractivity (Wildman–Crippen MR) is 111 cm³/mol. The Morgan fingerprint density at radius 1 is 1.14 bits per heavy atom. The van der Waals surface area contributed by atoms with Crippen LogP contribution >= 0.6 is 0 Å². The lowest BCUT2D eigenvalue weighted by molar-refractivity contribution is -0.115. The number of nitrogens with one attached hydrogen (secondary N) is 2. The third-order valence-corrected chi connectivity index (χ3v) is 5.09. The van der Waals surface area contributed by atoms with Gasteiger partial charge in [-0.25, -0.2) is 0 Å². The van der Waals surface area contributed by atoms with Gasteiger partial charge >= 0.3 is 0 Å². The zero-order valence-corrected chi connectivity index (χ0v) is 15.1. The van der Waals surface area contributed by atoms with Gasteiger partial charge in [0.25, 0.3) is 5.91 Å². The number of aromatic amines is 1. The van der Waals surface area contributed by atoms with Gasteiger partial charge in [-0.15, -0.1) is 0 Å². The SMILES string of the molecule is O=C1NC2=CC=CCC2/C1=C\c1ccc2c(/C=C/c3ccccn3)n[nH]c2c1. The molecule has 0 saturated carbocycles. The molecule has 3 aromatic rings. The van der Waals surface area contributed by atoms with Crippen LogP contribution < -0.4 is 5.32 Å². The number of allylic oxidation sites excluding steroid dienone is 4. The third kappa shape index (κ3) is 2.97. The molecular formula is C23H18N4O. The van der Waals surface area contributed by atoms with Crippen molar-refractivity contribution in [3.8, 4) is 0 Å². The van der Waals surface area contributed by atoms with Gasteiger partial charge in [-0.2, -0.15) is 5.10 Å². The van der Waals surface area contributed by atoms with E-state index in [1.54, 1.807) is 6.20 Å². The molecule has 0 spiro atoms. The zero-order chi connectivity index (χ0) is 18.9. The van der Waals surface area contributed by atoms with Gasteiger partial charge in [-0.1, -0.05) is 24.3 Å². The van der Waals surface area contributed by atoms with Crippen LogP contribution in [0, 0.1) is 5.92 Å². The third-order valence-electron chi connectivity index (χ3n) is 5.09. The van der Waals surface area contributed by atoms with Gasteiger partial charge in [-0.3, -0.25) is 14.9 Å². The van der Waals surface area contributed by atoms with Gasteiger partial charge in [0.1, 0.15) is 0 Å². The van der Waals surface area contributed by atoms with E-state index >= 15 is 0 Å². The first-order valence-electron chi connectivity index (χ1n) is 9.25. The van der Waals surface area contributed by atoms with E-state index in [4.69, 9.17) is 0 Å². The quantitative estimate of drug-likeness (QED) is 0.686. The Bertz CT molecular complexity index is 1180. The Labute approximate surface area is 162 Å². The number of fused-ring (bicyclic) bond motifs is 2. The van der Waals surface area contributed by atoms with E-state index < -0.39 is 0 Å². The summed E-state index contributed by atoms with van der Waals surface area (Å²) in [4.78, 5) is 16.6. The molecule has 5 nitrogen and oxygen atoms in total. The number of amides is 1. The molecule has 0 bridgehead atoms. The summed E-state index contributed by atoms with van der Waals surface area (Å²) in [5.41, 5.74) is 5.47. The molecule has 5 heteroatoms. The molecule has 2 aliphatic rings. The molecule has 1 amide bonds. The fourth-order valence-corrected chi connectivity index (χ4v) is 3.67. The first-order chi connectivity index (χ1) is 13.8.